The van der Waals surface area contributed by atoms with Crippen molar-refractivity contribution < 1.29 is 0 Å². The second-order valence-corrected chi connectivity index (χ2v) is 5.17. The van der Waals surface area contributed by atoms with Gasteiger partial charge in [-0.2, -0.15) is 5.10 Å². The van der Waals surface area contributed by atoms with Crippen molar-refractivity contribution in [2.75, 3.05) is 6.54 Å². The minimum absolute atomic E-state index is 0.416. The molecule has 0 aliphatic heterocycles. The van der Waals surface area contributed by atoms with Crippen LogP contribution < -0.4 is 5.73 Å². The van der Waals surface area contributed by atoms with Crippen molar-refractivity contribution in [3.05, 3.63) is 47.8 Å². The lowest BCUT2D eigenvalue weighted by Gasteiger charge is -2.11. The van der Waals surface area contributed by atoms with Crippen molar-refractivity contribution >= 4 is 0 Å². The van der Waals surface area contributed by atoms with Crippen molar-refractivity contribution in [3.63, 3.8) is 0 Å². The van der Waals surface area contributed by atoms with Crippen LogP contribution in [0.4, 0.5) is 0 Å². The van der Waals surface area contributed by atoms with Gasteiger partial charge in [0, 0.05) is 17.8 Å². The van der Waals surface area contributed by atoms with Gasteiger partial charge in [0.05, 0.1) is 5.69 Å². The number of hydrogen-bond acceptors (Lipinski definition) is 2. The zero-order valence-electron chi connectivity index (χ0n) is 10.7. The topological polar surface area (TPSA) is 43.8 Å². The Kier molecular flexibility index (Phi) is 2.92. The van der Waals surface area contributed by atoms with E-state index in [1.54, 1.807) is 0 Å². The lowest BCUT2D eigenvalue weighted by atomic mass is 10.0. The Morgan fingerprint density at radius 1 is 1.28 bits per heavy atom. The summed E-state index contributed by atoms with van der Waals surface area (Å²) < 4.78 is 2.06. The summed E-state index contributed by atoms with van der Waals surface area (Å²) in [6, 6.07) is 10.7. The summed E-state index contributed by atoms with van der Waals surface area (Å²) in [7, 11) is 0. The summed E-state index contributed by atoms with van der Waals surface area (Å²) in [5.74, 6) is 1.13. The van der Waals surface area contributed by atoms with Gasteiger partial charge in [-0.1, -0.05) is 19.1 Å². The number of benzene rings is 1. The molecule has 0 radical (unpaired) electrons. The van der Waals surface area contributed by atoms with Crippen molar-refractivity contribution in [3.8, 4) is 5.69 Å². The molecule has 3 nitrogen and oxygen atoms in total. The molecule has 0 amide bonds. The lowest BCUT2D eigenvalue weighted by molar-refractivity contribution is 0.769. The Morgan fingerprint density at radius 3 is 2.61 bits per heavy atom. The fourth-order valence-electron chi connectivity index (χ4n) is 2.30. The van der Waals surface area contributed by atoms with Crippen LogP contribution in [-0.2, 0) is 0 Å². The zero-order valence-corrected chi connectivity index (χ0v) is 10.7. The fourth-order valence-corrected chi connectivity index (χ4v) is 2.30. The highest BCUT2D eigenvalue weighted by Crippen LogP contribution is 2.40. The van der Waals surface area contributed by atoms with E-state index in [0.29, 0.717) is 12.5 Å². The average molecular weight is 241 g/mol. The van der Waals surface area contributed by atoms with Gasteiger partial charge < -0.3 is 5.73 Å². The number of nitrogens with zero attached hydrogens (tertiary/aromatic N) is 2. The van der Waals surface area contributed by atoms with E-state index >= 15 is 0 Å². The molecule has 1 saturated carbocycles. The molecule has 3 heteroatoms. The van der Waals surface area contributed by atoms with E-state index in [1.807, 2.05) is 6.20 Å². The Labute approximate surface area is 108 Å². The minimum atomic E-state index is 0.416. The third-order valence-corrected chi connectivity index (χ3v) is 3.73. The SMILES string of the molecule is CC(CN)c1ccc(-n2nccc2C2CC2)cc1. The van der Waals surface area contributed by atoms with Crippen molar-refractivity contribution in [1.29, 1.82) is 0 Å². The molecule has 1 unspecified atom stereocenters. The van der Waals surface area contributed by atoms with Gasteiger partial charge in [-0.3, -0.25) is 0 Å². The molecule has 1 aliphatic rings. The maximum atomic E-state index is 5.69. The molecule has 0 saturated heterocycles. The fraction of sp³-hybridized carbons (Fsp3) is 0.400. The van der Waals surface area contributed by atoms with Gasteiger partial charge in [-0.15, -0.1) is 0 Å². The molecule has 1 heterocycles. The average Bonchev–Trinajstić information content (AvgIpc) is 3.15. The van der Waals surface area contributed by atoms with Crippen LogP contribution in [-0.4, -0.2) is 16.3 Å². The van der Waals surface area contributed by atoms with Gasteiger partial charge in [0.15, 0.2) is 0 Å². The Bertz CT molecular complexity index is 523. The molecule has 1 aromatic heterocycles. The lowest BCUT2D eigenvalue weighted by Crippen LogP contribution is -2.09. The molecular weight excluding hydrogens is 222 g/mol. The molecule has 3 rings (SSSR count). The third-order valence-electron chi connectivity index (χ3n) is 3.73. The van der Waals surface area contributed by atoms with E-state index in [9.17, 15) is 0 Å². The third kappa shape index (κ3) is 2.06. The van der Waals surface area contributed by atoms with Crippen LogP contribution in [0, 0.1) is 0 Å². The normalized spacial score (nSPS) is 16.8. The highest BCUT2D eigenvalue weighted by molar-refractivity contribution is 5.37. The number of nitrogens with two attached hydrogens (primary N) is 1. The molecule has 1 atom stereocenters. The Hall–Kier alpha value is -1.61. The predicted molar refractivity (Wildman–Crippen MR) is 73.0 cm³/mol. The minimum Gasteiger partial charge on any atom is -0.330 e. The van der Waals surface area contributed by atoms with Crippen molar-refractivity contribution in [2.24, 2.45) is 5.73 Å². The molecule has 0 bridgehead atoms. The molecule has 0 spiro atoms. The van der Waals surface area contributed by atoms with Crippen LogP contribution in [0.2, 0.25) is 0 Å². The number of rotatable bonds is 4. The van der Waals surface area contributed by atoms with Crippen LogP contribution in [0.5, 0.6) is 0 Å². The van der Waals surface area contributed by atoms with E-state index < -0.39 is 0 Å². The van der Waals surface area contributed by atoms with Crippen LogP contribution in [0.25, 0.3) is 5.69 Å². The first-order chi connectivity index (χ1) is 8.79. The number of aromatic nitrogens is 2. The van der Waals surface area contributed by atoms with E-state index in [4.69, 9.17) is 5.73 Å². The molecule has 18 heavy (non-hydrogen) atoms. The van der Waals surface area contributed by atoms with E-state index in [2.05, 4.69) is 47.0 Å². The summed E-state index contributed by atoms with van der Waals surface area (Å²) in [6.45, 7) is 2.84. The monoisotopic (exact) mass is 241 g/mol. The van der Waals surface area contributed by atoms with Crippen molar-refractivity contribution in [2.45, 2.75) is 31.6 Å². The van der Waals surface area contributed by atoms with Crippen LogP contribution in [0.1, 0.15) is 42.9 Å². The second kappa shape index (κ2) is 4.58. The standard InChI is InChI=1S/C15H19N3/c1-11(10-16)12-4-6-14(7-5-12)18-15(8-9-17-18)13-2-3-13/h4-9,11,13H,2-3,10,16H2,1H3. The second-order valence-electron chi connectivity index (χ2n) is 5.17. The van der Waals surface area contributed by atoms with Gasteiger partial charge in [0.1, 0.15) is 0 Å². The van der Waals surface area contributed by atoms with Crippen LogP contribution in [0.3, 0.4) is 0 Å². The van der Waals surface area contributed by atoms with Gasteiger partial charge >= 0.3 is 0 Å². The predicted octanol–water partition coefficient (Wildman–Crippen LogP) is 2.81. The van der Waals surface area contributed by atoms with Crippen molar-refractivity contribution in [1.82, 2.24) is 9.78 Å². The zero-order chi connectivity index (χ0) is 12.5. The maximum Gasteiger partial charge on any atom is 0.0649 e. The molecule has 2 aromatic rings. The highest BCUT2D eigenvalue weighted by atomic mass is 15.3. The first-order valence-electron chi connectivity index (χ1n) is 6.64. The van der Waals surface area contributed by atoms with E-state index in [0.717, 1.165) is 11.6 Å². The molecule has 2 N–H and O–H groups in total. The first-order valence-corrected chi connectivity index (χ1v) is 6.64. The molecular formula is C15H19N3. The Morgan fingerprint density at radius 2 is 2.00 bits per heavy atom. The quantitative estimate of drug-likeness (QED) is 0.894. The molecule has 1 aliphatic carbocycles. The molecule has 94 valence electrons. The highest BCUT2D eigenvalue weighted by Gasteiger charge is 2.27. The summed E-state index contributed by atoms with van der Waals surface area (Å²) >= 11 is 0. The van der Waals surface area contributed by atoms with Crippen LogP contribution in [0.15, 0.2) is 36.5 Å². The number of hydrogen-bond donors (Lipinski definition) is 1. The van der Waals surface area contributed by atoms with E-state index in [-0.39, 0.29) is 0 Å². The van der Waals surface area contributed by atoms with Gasteiger partial charge in [-0.25, -0.2) is 4.68 Å². The Balaban J connectivity index is 1.90. The summed E-state index contributed by atoms with van der Waals surface area (Å²) in [5, 5.41) is 4.43. The maximum absolute atomic E-state index is 5.69. The molecule has 1 aromatic carbocycles. The first kappa shape index (κ1) is 11.5. The molecule has 1 fully saturated rings. The summed E-state index contributed by atoms with van der Waals surface area (Å²) in [6.07, 6.45) is 4.49. The van der Waals surface area contributed by atoms with Gasteiger partial charge in [0.2, 0.25) is 0 Å². The van der Waals surface area contributed by atoms with Crippen LogP contribution >= 0.6 is 0 Å². The largest absolute Gasteiger partial charge is 0.330 e. The summed E-state index contributed by atoms with van der Waals surface area (Å²) in [4.78, 5) is 0. The van der Waals surface area contributed by atoms with Gasteiger partial charge in [0.25, 0.3) is 0 Å². The van der Waals surface area contributed by atoms with E-state index in [1.165, 1.54) is 24.1 Å². The smallest absolute Gasteiger partial charge is 0.0649 e. The summed E-state index contributed by atoms with van der Waals surface area (Å²) in [5.41, 5.74) is 9.47. The van der Waals surface area contributed by atoms with Gasteiger partial charge in [-0.05, 0) is 49.1 Å².